The Morgan fingerprint density at radius 3 is 2.88 bits per heavy atom. The van der Waals surface area contributed by atoms with E-state index in [-0.39, 0.29) is 17.5 Å². The number of ether oxygens (including phenoxy) is 2. The Labute approximate surface area is 152 Å². The normalized spacial score (nSPS) is 12.0. The van der Waals surface area contributed by atoms with Gasteiger partial charge in [-0.05, 0) is 29.8 Å². The maximum absolute atomic E-state index is 10.9. The summed E-state index contributed by atoms with van der Waals surface area (Å²) in [6.45, 7) is 0.237. The minimum atomic E-state index is -0.531. The molecule has 1 aliphatic rings. The largest absolute Gasteiger partial charge is 0.454 e. The number of benzene rings is 2. The molecule has 0 spiro atoms. The van der Waals surface area contributed by atoms with Crippen LogP contribution in [-0.4, -0.2) is 16.0 Å². The average molecular weight is 383 g/mol. The smallest absolute Gasteiger partial charge is 0.289 e. The van der Waals surface area contributed by atoms with Crippen LogP contribution in [0.2, 0.25) is 5.02 Å². The van der Waals surface area contributed by atoms with Gasteiger partial charge in [0, 0.05) is 17.5 Å². The number of hydrogen-bond acceptors (Lipinski definition) is 6. The first kappa shape index (κ1) is 16.8. The van der Waals surface area contributed by atoms with Crippen LogP contribution in [0.5, 0.6) is 11.5 Å². The Bertz CT molecular complexity index is 816. The van der Waals surface area contributed by atoms with Crippen LogP contribution in [0.25, 0.3) is 0 Å². The molecule has 9 heteroatoms. The molecule has 24 heavy (non-hydrogen) atoms. The van der Waals surface area contributed by atoms with E-state index in [1.165, 1.54) is 23.9 Å². The molecule has 0 saturated heterocycles. The number of rotatable bonds is 4. The van der Waals surface area contributed by atoms with Crippen molar-refractivity contribution in [1.82, 2.24) is 0 Å². The molecule has 2 aromatic rings. The zero-order chi connectivity index (χ0) is 17.1. The van der Waals surface area contributed by atoms with Gasteiger partial charge >= 0.3 is 0 Å². The number of nitro benzene ring substituents is 1. The van der Waals surface area contributed by atoms with Crippen molar-refractivity contribution in [3.05, 3.63) is 57.1 Å². The van der Waals surface area contributed by atoms with Crippen molar-refractivity contribution in [2.24, 2.45) is 0 Å². The van der Waals surface area contributed by atoms with Gasteiger partial charge in [-0.3, -0.25) is 10.1 Å². The SMILES string of the molecule is O=[N+]([O-])c1cc(NC(=S)SCc2ccc3c(c2)OCO3)ccc1Cl. The van der Waals surface area contributed by atoms with E-state index in [0.717, 1.165) is 17.1 Å². The molecule has 1 aliphatic heterocycles. The minimum Gasteiger partial charge on any atom is -0.454 e. The van der Waals surface area contributed by atoms with Crippen LogP contribution in [0.3, 0.4) is 0 Å². The molecule has 0 aliphatic carbocycles. The van der Waals surface area contributed by atoms with Gasteiger partial charge in [0.2, 0.25) is 6.79 Å². The predicted octanol–water partition coefficient (Wildman–Crippen LogP) is 4.61. The lowest BCUT2D eigenvalue weighted by molar-refractivity contribution is -0.384. The van der Waals surface area contributed by atoms with E-state index < -0.39 is 4.92 Å². The van der Waals surface area contributed by atoms with Crippen LogP contribution in [0.1, 0.15) is 5.56 Å². The summed E-state index contributed by atoms with van der Waals surface area (Å²) in [5.74, 6) is 2.09. The molecular weight excluding hydrogens is 372 g/mol. The van der Waals surface area contributed by atoms with E-state index in [1.807, 2.05) is 18.2 Å². The van der Waals surface area contributed by atoms with Crippen LogP contribution in [0.15, 0.2) is 36.4 Å². The van der Waals surface area contributed by atoms with E-state index in [0.29, 0.717) is 15.8 Å². The monoisotopic (exact) mass is 382 g/mol. The fraction of sp³-hybridized carbons (Fsp3) is 0.133. The highest BCUT2D eigenvalue weighted by atomic mass is 35.5. The molecule has 0 aromatic heterocycles. The van der Waals surface area contributed by atoms with Gasteiger partial charge < -0.3 is 14.8 Å². The summed E-state index contributed by atoms with van der Waals surface area (Å²) in [5.41, 5.74) is 1.40. The zero-order valence-corrected chi connectivity index (χ0v) is 14.5. The van der Waals surface area contributed by atoms with Crippen molar-refractivity contribution in [3.63, 3.8) is 0 Å². The Balaban J connectivity index is 1.60. The van der Waals surface area contributed by atoms with Crippen LogP contribution >= 0.6 is 35.6 Å². The second kappa shape index (κ2) is 7.25. The van der Waals surface area contributed by atoms with Gasteiger partial charge in [-0.25, -0.2) is 0 Å². The highest BCUT2D eigenvalue weighted by Gasteiger charge is 2.15. The lowest BCUT2D eigenvalue weighted by atomic mass is 10.2. The minimum absolute atomic E-state index is 0.0875. The molecule has 3 rings (SSSR count). The second-order valence-corrected chi connectivity index (χ2v) is 6.87. The zero-order valence-electron chi connectivity index (χ0n) is 12.2. The van der Waals surface area contributed by atoms with Gasteiger partial charge in [-0.1, -0.05) is 41.6 Å². The number of nitrogens with one attached hydrogen (secondary N) is 1. The van der Waals surface area contributed by atoms with Crippen molar-refractivity contribution in [1.29, 1.82) is 0 Å². The summed E-state index contributed by atoms with van der Waals surface area (Å²) in [5, 5.41) is 13.9. The molecule has 0 radical (unpaired) electrons. The molecule has 6 nitrogen and oxygen atoms in total. The summed E-state index contributed by atoms with van der Waals surface area (Å²) in [6, 6.07) is 10.2. The van der Waals surface area contributed by atoms with E-state index in [9.17, 15) is 10.1 Å². The predicted molar refractivity (Wildman–Crippen MR) is 98.2 cm³/mol. The fourth-order valence-electron chi connectivity index (χ4n) is 2.06. The van der Waals surface area contributed by atoms with Crippen molar-refractivity contribution in [3.8, 4) is 11.5 Å². The van der Waals surface area contributed by atoms with Crippen LogP contribution in [0.4, 0.5) is 11.4 Å². The van der Waals surface area contributed by atoms with Crippen molar-refractivity contribution >= 4 is 51.3 Å². The Kier molecular flexibility index (Phi) is 5.08. The third-order valence-electron chi connectivity index (χ3n) is 3.20. The molecule has 2 aromatic carbocycles. The summed E-state index contributed by atoms with van der Waals surface area (Å²) in [7, 11) is 0. The van der Waals surface area contributed by atoms with Crippen LogP contribution in [0, 0.1) is 10.1 Å². The molecule has 1 heterocycles. The lowest BCUT2D eigenvalue weighted by Crippen LogP contribution is -2.05. The van der Waals surface area contributed by atoms with Crippen molar-refractivity contribution in [2.45, 2.75) is 5.75 Å². The van der Waals surface area contributed by atoms with Gasteiger partial charge in [-0.15, -0.1) is 0 Å². The lowest BCUT2D eigenvalue weighted by Gasteiger charge is -2.08. The third-order valence-corrected chi connectivity index (χ3v) is 4.81. The highest BCUT2D eigenvalue weighted by Crippen LogP contribution is 2.34. The summed E-state index contributed by atoms with van der Waals surface area (Å²) in [6.07, 6.45) is 0. The molecule has 0 bridgehead atoms. The van der Waals surface area contributed by atoms with Gasteiger partial charge in [0.1, 0.15) is 9.34 Å². The summed E-state index contributed by atoms with van der Waals surface area (Å²) < 4.78 is 11.1. The number of thiocarbonyl (C=S) groups is 1. The van der Waals surface area contributed by atoms with E-state index in [4.69, 9.17) is 33.3 Å². The maximum Gasteiger partial charge on any atom is 0.289 e. The number of nitrogens with zero attached hydrogens (tertiary/aromatic N) is 1. The third kappa shape index (κ3) is 3.89. The number of fused-ring (bicyclic) bond motifs is 1. The van der Waals surface area contributed by atoms with E-state index in [2.05, 4.69) is 5.32 Å². The number of halogens is 1. The molecule has 124 valence electrons. The first-order valence-corrected chi connectivity index (χ1v) is 8.56. The molecule has 0 atom stereocenters. The van der Waals surface area contributed by atoms with Gasteiger partial charge in [0.15, 0.2) is 11.5 Å². The van der Waals surface area contributed by atoms with Crippen molar-refractivity contribution < 1.29 is 14.4 Å². The molecule has 0 saturated carbocycles. The Morgan fingerprint density at radius 2 is 2.08 bits per heavy atom. The van der Waals surface area contributed by atoms with Crippen LogP contribution < -0.4 is 14.8 Å². The highest BCUT2D eigenvalue weighted by molar-refractivity contribution is 8.22. The van der Waals surface area contributed by atoms with Crippen LogP contribution in [-0.2, 0) is 5.75 Å². The maximum atomic E-state index is 10.9. The van der Waals surface area contributed by atoms with E-state index >= 15 is 0 Å². The Hall–Kier alpha value is -2.03. The Morgan fingerprint density at radius 1 is 1.29 bits per heavy atom. The molecular formula is C15H11ClN2O4S2. The van der Waals surface area contributed by atoms with Gasteiger partial charge in [0.05, 0.1) is 4.92 Å². The molecule has 0 unspecified atom stereocenters. The van der Waals surface area contributed by atoms with Crippen molar-refractivity contribution in [2.75, 3.05) is 12.1 Å². The average Bonchev–Trinajstić information content (AvgIpc) is 3.02. The summed E-state index contributed by atoms with van der Waals surface area (Å²) >= 11 is 12.5. The second-order valence-electron chi connectivity index (χ2n) is 4.81. The standard InChI is InChI=1S/C15H11ClN2O4S2/c16-11-3-2-10(6-12(11)18(19)20)17-15(23)24-7-9-1-4-13-14(5-9)22-8-21-13/h1-6H,7-8H2,(H,17,23). The molecule has 0 amide bonds. The van der Waals surface area contributed by atoms with E-state index in [1.54, 1.807) is 6.07 Å². The first-order valence-electron chi connectivity index (χ1n) is 6.79. The first-order chi connectivity index (χ1) is 11.5. The topological polar surface area (TPSA) is 73.6 Å². The van der Waals surface area contributed by atoms with Gasteiger partial charge in [-0.2, -0.15) is 0 Å². The number of anilines is 1. The molecule has 0 fully saturated rings. The number of thioether (sulfide) groups is 1. The van der Waals surface area contributed by atoms with Gasteiger partial charge in [0.25, 0.3) is 5.69 Å². The fourth-order valence-corrected chi connectivity index (χ4v) is 3.21. The number of hydrogen-bond donors (Lipinski definition) is 1. The quantitative estimate of drug-likeness (QED) is 0.470. The number of nitro groups is 1. The molecule has 1 N–H and O–H groups in total. The summed E-state index contributed by atoms with van der Waals surface area (Å²) in [4.78, 5) is 10.4.